The quantitative estimate of drug-likeness (QED) is 0.874. The van der Waals surface area contributed by atoms with Crippen molar-refractivity contribution in [1.82, 2.24) is 10.2 Å². The summed E-state index contributed by atoms with van der Waals surface area (Å²) in [5.74, 6) is 0.785. The Kier molecular flexibility index (Phi) is 5.65. The molecule has 1 aliphatic carbocycles. The monoisotopic (exact) mass is 337 g/mol. The predicted molar refractivity (Wildman–Crippen MR) is 91.5 cm³/mol. The highest BCUT2D eigenvalue weighted by Gasteiger charge is 2.42. The average molecular weight is 338 g/mol. The van der Waals surface area contributed by atoms with Crippen LogP contribution in [0.5, 0.6) is 0 Å². The minimum atomic E-state index is -0.192. The van der Waals surface area contributed by atoms with Crippen LogP contribution in [0.15, 0.2) is 24.3 Å². The number of likely N-dealkylation sites (tertiary alicyclic amines) is 1. The normalized spacial score (nSPS) is 25.7. The number of fused-ring (bicyclic) bond motifs is 1. The van der Waals surface area contributed by atoms with Gasteiger partial charge in [0.25, 0.3) is 5.91 Å². The molecule has 0 spiro atoms. The van der Waals surface area contributed by atoms with Gasteiger partial charge in [-0.2, -0.15) is 0 Å². The van der Waals surface area contributed by atoms with E-state index < -0.39 is 0 Å². The highest BCUT2D eigenvalue weighted by atomic mass is 35.5. The van der Waals surface area contributed by atoms with E-state index in [4.69, 9.17) is 5.73 Å². The molecule has 3 rings (SSSR count). The third-order valence-electron chi connectivity index (χ3n) is 5.05. The number of carbonyl (C=O) groups is 2. The topological polar surface area (TPSA) is 75.4 Å². The van der Waals surface area contributed by atoms with E-state index in [1.807, 2.05) is 30.0 Å². The Balaban J connectivity index is 0.00000192. The maximum atomic E-state index is 12.3. The van der Waals surface area contributed by atoms with Crippen LogP contribution in [0.3, 0.4) is 0 Å². The molecule has 0 radical (unpaired) electrons. The summed E-state index contributed by atoms with van der Waals surface area (Å²) in [6.45, 7) is 3.48. The first-order valence-corrected chi connectivity index (χ1v) is 7.93. The van der Waals surface area contributed by atoms with Gasteiger partial charge in [-0.05, 0) is 43.2 Å². The van der Waals surface area contributed by atoms with Crippen molar-refractivity contribution < 1.29 is 9.59 Å². The van der Waals surface area contributed by atoms with Gasteiger partial charge in [0, 0.05) is 24.7 Å². The van der Waals surface area contributed by atoms with Gasteiger partial charge in [-0.1, -0.05) is 18.2 Å². The largest absolute Gasteiger partial charge is 0.343 e. The van der Waals surface area contributed by atoms with Crippen molar-refractivity contribution in [3.63, 3.8) is 0 Å². The molecule has 6 heteroatoms. The number of nitrogens with two attached hydrogens (primary N) is 1. The van der Waals surface area contributed by atoms with Gasteiger partial charge in [0.1, 0.15) is 0 Å². The molecule has 126 valence electrons. The zero-order valence-electron chi connectivity index (χ0n) is 13.3. The average Bonchev–Trinajstić information content (AvgIpc) is 3.07. The van der Waals surface area contributed by atoms with E-state index in [0.717, 1.165) is 31.5 Å². The van der Waals surface area contributed by atoms with Crippen LogP contribution in [0.2, 0.25) is 0 Å². The van der Waals surface area contributed by atoms with Crippen LogP contribution in [0.25, 0.3) is 0 Å². The van der Waals surface area contributed by atoms with Gasteiger partial charge in [-0.25, -0.2) is 0 Å². The van der Waals surface area contributed by atoms with E-state index in [-0.39, 0.29) is 36.8 Å². The molecule has 5 nitrogen and oxygen atoms in total. The highest BCUT2D eigenvalue weighted by molar-refractivity contribution is 5.97. The molecule has 3 atom stereocenters. The Bertz CT molecular complexity index is 593. The molecule has 2 amide bonds. The summed E-state index contributed by atoms with van der Waals surface area (Å²) in [7, 11) is 0. The van der Waals surface area contributed by atoms with E-state index in [1.165, 1.54) is 0 Å². The number of nitrogens with one attached hydrogen (secondary N) is 1. The summed E-state index contributed by atoms with van der Waals surface area (Å²) in [5.41, 5.74) is 7.62. The number of halogens is 1. The summed E-state index contributed by atoms with van der Waals surface area (Å²) in [4.78, 5) is 26.3. The lowest BCUT2D eigenvalue weighted by Crippen LogP contribution is -2.40. The minimum absolute atomic E-state index is 0. The van der Waals surface area contributed by atoms with Crippen molar-refractivity contribution in [2.75, 3.05) is 19.6 Å². The van der Waals surface area contributed by atoms with E-state index in [2.05, 4.69) is 5.32 Å². The smallest absolute Gasteiger partial charge is 0.251 e. The fourth-order valence-corrected chi connectivity index (χ4v) is 3.70. The molecule has 1 aromatic carbocycles. The molecular formula is C17H24ClN3O2. The van der Waals surface area contributed by atoms with Gasteiger partial charge in [-0.15, -0.1) is 12.4 Å². The van der Waals surface area contributed by atoms with Gasteiger partial charge in [0.2, 0.25) is 5.91 Å². The van der Waals surface area contributed by atoms with Crippen molar-refractivity contribution in [2.45, 2.75) is 25.8 Å². The van der Waals surface area contributed by atoms with Crippen molar-refractivity contribution in [1.29, 1.82) is 0 Å². The van der Waals surface area contributed by atoms with Crippen LogP contribution in [0.1, 0.15) is 28.8 Å². The van der Waals surface area contributed by atoms with Crippen LogP contribution in [0, 0.1) is 18.8 Å². The summed E-state index contributed by atoms with van der Waals surface area (Å²) >= 11 is 0. The minimum Gasteiger partial charge on any atom is -0.343 e. The lowest BCUT2D eigenvalue weighted by Gasteiger charge is -2.19. The molecule has 2 aliphatic rings. The highest BCUT2D eigenvalue weighted by Crippen LogP contribution is 2.36. The van der Waals surface area contributed by atoms with Crippen LogP contribution < -0.4 is 11.1 Å². The fraction of sp³-hybridized carbons (Fsp3) is 0.529. The van der Waals surface area contributed by atoms with Crippen molar-refractivity contribution in [3.05, 3.63) is 35.4 Å². The molecule has 1 saturated heterocycles. The van der Waals surface area contributed by atoms with Gasteiger partial charge < -0.3 is 16.0 Å². The number of benzene rings is 1. The van der Waals surface area contributed by atoms with Gasteiger partial charge in [-0.3, -0.25) is 9.59 Å². The molecular weight excluding hydrogens is 314 g/mol. The van der Waals surface area contributed by atoms with Gasteiger partial charge in [0.05, 0.1) is 6.54 Å². The molecule has 1 saturated carbocycles. The first-order valence-electron chi connectivity index (χ1n) is 7.93. The molecule has 0 bridgehead atoms. The second-order valence-electron chi connectivity index (χ2n) is 6.46. The van der Waals surface area contributed by atoms with E-state index in [0.29, 0.717) is 17.4 Å². The standard InChI is InChI=1S/C17H23N3O2.ClH/c1-11-4-2-3-5-13(11)17(22)19-8-16(21)20-9-12-6-7-15(18)14(12)10-20;/h2-5,12,14-15H,6-10,18H2,1H3,(H,19,22);1H. The number of amides is 2. The summed E-state index contributed by atoms with van der Waals surface area (Å²) < 4.78 is 0. The molecule has 3 N–H and O–H groups in total. The number of rotatable bonds is 3. The lowest BCUT2D eigenvalue weighted by molar-refractivity contribution is -0.129. The molecule has 1 aromatic rings. The Morgan fingerprint density at radius 1 is 1.26 bits per heavy atom. The summed E-state index contributed by atoms with van der Waals surface area (Å²) in [6.07, 6.45) is 2.19. The molecule has 0 aromatic heterocycles. The maximum absolute atomic E-state index is 12.3. The van der Waals surface area contributed by atoms with Gasteiger partial charge in [0.15, 0.2) is 0 Å². The van der Waals surface area contributed by atoms with Crippen molar-refractivity contribution in [2.24, 2.45) is 17.6 Å². The number of carbonyl (C=O) groups excluding carboxylic acids is 2. The SMILES string of the molecule is Cc1ccccc1C(=O)NCC(=O)N1CC2CCC(N)C2C1.Cl. The Labute approximate surface area is 143 Å². The zero-order chi connectivity index (χ0) is 15.7. The van der Waals surface area contributed by atoms with Crippen LogP contribution in [-0.4, -0.2) is 42.4 Å². The molecule has 3 unspecified atom stereocenters. The lowest BCUT2D eigenvalue weighted by atomic mass is 9.98. The van der Waals surface area contributed by atoms with Crippen LogP contribution in [0.4, 0.5) is 0 Å². The molecule has 2 fully saturated rings. The first kappa shape index (κ1) is 17.8. The number of nitrogens with zero attached hydrogens (tertiary/aromatic N) is 1. The molecule has 23 heavy (non-hydrogen) atoms. The van der Waals surface area contributed by atoms with E-state index in [1.54, 1.807) is 6.07 Å². The van der Waals surface area contributed by atoms with E-state index >= 15 is 0 Å². The summed E-state index contributed by atoms with van der Waals surface area (Å²) in [5, 5.41) is 2.73. The molecule has 1 aliphatic heterocycles. The maximum Gasteiger partial charge on any atom is 0.251 e. The predicted octanol–water partition coefficient (Wildman–Crippen LogP) is 1.34. The second-order valence-corrected chi connectivity index (χ2v) is 6.46. The van der Waals surface area contributed by atoms with Crippen molar-refractivity contribution >= 4 is 24.2 Å². The van der Waals surface area contributed by atoms with E-state index in [9.17, 15) is 9.59 Å². The Hall–Kier alpha value is -1.59. The Morgan fingerprint density at radius 2 is 2.00 bits per heavy atom. The summed E-state index contributed by atoms with van der Waals surface area (Å²) in [6, 6.07) is 7.61. The van der Waals surface area contributed by atoms with Gasteiger partial charge >= 0.3 is 0 Å². The third kappa shape index (κ3) is 3.67. The Morgan fingerprint density at radius 3 is 2.70 bits per heavy atom. The zero-order valence-corrected chi connectivity index (χ0v) is 14.1. The number of aryl methyl sites for hydroxylation is 1. The number of hydrogen-bond acceptors (Lipinski definition) is 3. The first-order chi connectivity index (χ1) is 10.6. The second kappa shape index (κ2) is 7.32. The molecule has 1 heterocycles. The van der Waals surface area contributed by atoms with Crippen LogP contribution >= 0.6 is 12.4 Å². The third-order valence-corrected chi connectivity index (χ3v) is 5.05. The van der Waals surface area contributed by atoms with Crippen LogP contribution in [-0.2, 0) is 4.79 Å². The van der Waals surface area contributed by atoms with Crippen molar-refractivity contribution in [3.8, 4) is 0 Å². The fourth-order valence-electron chi connectivity index (χ4n) is 3.70. The number of hydrogen-bond donors (Lipinski definition) is 2.